The number of hydrogen-bond acceptors (Lipinski definition) is 2. The monoisotopic (exact) mass is 229 g/mol. The van der Waals surface area contributed by atoms with Crippen LogP contribution in [0.2, 0.25) is 0 Å². The standard InChI is InChI=1S/C10H10F3N3/c11-10(12,13)9-8(3-4-14)6-16(15-9)5-7-1-2-7/h6-7H,1-3,5H2. The van der Waals surface area contributed by atoms with Crippen LogP contribution in [0.1, 0.15) is 24.1 Å². The fourth-order valence-electron chi connectivity index (χ4n) is 1.57. The van der Waals surface area contributed by atoms with E-state index in [9.17, 15) is 13.2 Å². The Morgan fingerprint density at radius 1 is 1.50 bits per heavy atom. The second-order valence-electron chi connectivity index (χ2n) is 4.00. The van der Waals surface area contributed by atoms with Crippen LogP contribution in [-0.2, 0) is 19.1 Å². The molecule has 0 aromatic carbocycles. The van der Waals surface area contributed by atoms with Crippen molar-refractivity contribution in [2.24, 2.45) is 5.92 Å². The highest BCUT2D eigenvalue weighted by Crippen LogP contribution is 2.33. The number of nitriles is 1. The van der Waals surface area contributed by atoms with Gasteiger partial charge in [-0.3, -0.25) is 4.68 Å². The van der Waals surface area contributed by atoms with Crippen LogP contribution in [0.5, 0.6) is 0 Å². The van der Waals surface area contributed by atoms with Crippen molar-refractivity contribution < 1.29 is 13.2 Å². The Kier molecular flexibility index (Phi) is 2.62. The second-order valence-corrected chi connectivity index (χ2v) is 4.00. The third-order valence-corrected chi connectivity index (χ3v) is 2.52. The lowest BCUT2D eigenvalue weighted by Crippen LogP contribution is -2.10. The molecule has 0 amide bonds. The third kappa shape index (κ3) is 2.35. The molecule has 2 rings (SSSR count). The number of nitrogens with zero attached hydrogens (tertiary/aromatic N) is 3. The van der Waals surface area contributed by atoms with Gasteiger partial charge in [0.05, 0.1) is 12.5 Å². The van der Waals surface area contributed by atoms with Crippen LogP contribution in [0.15, 0.2) is 6.20 Å². The molecule has 0 unspecified atom stereocenters. The lowest BCUT2D eigenvalue weighted by molar-refractivity contribution is -0.142. The van der Waals surface area contributed by atoms with Gasteiger partial charge >= 0.3 is 6.18 Å². The quantitative estimate of drug-likeness (QED) is 0.798. The highest BCUT2D eigenvalue weighted by Gasteiger charge is 2.37. The van der Waals surface area contributed by atoms with Crippen molar-refractivity contribution in [2.45, 2.75) is 32.0 Å². The summed E-state index contributed by atoms with van der Waals surface area (Å²) in [6, 6.07) is 1.73. The van der Waals surface area contributed by atoms with Gasteiger partial charge in [0, 0.05) is 18.3 Å². The average Bonchev–Trinajstić information content (AvgIpc) is 2.86. The molecule has 1 aliphatic carbocycles. The lowest BCUT2D eigenvalue weighted by Gasteiger charge is -2.03. The number of hydrogen-bond donors (Lipinski definition) is 0. The topological polar surface area (TPSA) is 41.6 Å². The molecule has 0 N–H and O–H groups in total. The first kappa shape index (κ1) is 11.0. The van der Waals surface area contributed by atoms with Crippen molar-refractivity contribution in [1.82, 2.24) is 9.78 Å². The molecule has 0 atom stereocenters. The minimum atomic E-state index is -4.47. The Hall–Kier alpha value is -1.51. The fraction of sp³-hybridized carbons (Fsp3) is 0.600. The highest BCUT2D eigenvalue weighted by molar-refractivity contribution is 5.23. The van der Waals surface area contributed by atoms with Gasteiger partial charge in [-0.2, -0.15) is 23.5 Å². The Bertz CT molecular complexity index is 423. The van der Waals surface area contributed by atoms with Crippen LogP contribution in [-0.4, -0.2) is 9.78 Å². The molecule has 6 heteroatoms. The maximum absolute atomic E-state index is 12.6. The van der Waals surface area contributed by atoms with Gasteiger partial charge in [-0.1, -0.05) is 0 Å². The van der Waals surface area contributed by atoms with Gasteiger partial charge in [0.2, 0.25) is 0 Å². The smallest absolute Gasteiger partial charge is 0.272 e. The molecular formula is C10H10F3N3. The van der Waals surface area contributed by atoms with Crippen molar-refractivity contribution >= 4 is 0 Å². The summed E-state index contributed by atoms with van der Waals surface area (Å²) in [7, 11) is 0. The van der Waals surface area contributed by atoms with Crippen LogP contribution in [0.25, 0.3) is 0 Å². The van der Waals surface area contributed by atoms with E-state index in [1.54, 1.807) is 6.07 Å². The van der Waals surface area contributed by atoms with E-state index in [0.717, 1.165) is 12.8 Å². The normalized spacial score (nSPS) is 16.1. The molecule has 1 aromatic rings. The summed E-state index contributed by atoms with van der Waals surface area (Å²) in [6.45, 7) is 0.522. The summed E-state index contributed by atoms with van der Waals surface area (Å²) >= 11 is 0. The molecule has 3 nitrogen and oxygen atoms in total. The third-order valence-electron chi connectivity index (χ3n) is 2.52. The van der Waals surface area contributed by atoms with Crippen molar-refractivity contribution in [1.29, 1.82) is 5.26 Å². The molecule has 1 aliphatic rings. The zero-order chi connectivity index (χ0) is 11.8. The van der Waals surface area contributed by atoms with Crippen molar-refractivity contribution in [3.63, 3.8) is 0 Å². The molecule has 86 valence electrons. The first-order chi connectivity index (χ1) is 7.50. The average molecular weight is 229 g/mol. The Morgan fingerprint density at radius 2 is 2.19 bits per heavy atom. The van der Waals surface area contributed by atoms with Gasteiger partial charge in [-0.25, -0.2) is 0 Å². The largest absolute Gasteiger partial charge is 0.435 e. The first-order valence-electron chi connectivity index (χ1n) is 5.01. The summed E-state index contributed by atoms with van der Waals surface area (Å²) < 4.78 is 39.0. The van der Waals surface area contributed by atoms with Gasteiger partial charge < -0.3 is 0 Å². The van der Waals surface area contributed by atoms with Crippen molar-refractivity contribution in [2.75, 3.05) is 0 Å². The van der Waals surface area contributed by atoms with E-state index in [1.165, 1.54) is 10.9 Å². The Morgan fingerprint density at radius 3 is 2.69 bits per heavy atom. The highest BCUT2D eigenvalue weighted by atomic mass is 19.4. The van der Waals surface area contributed by atoms with E-state index in [2.05, 4.69) is 5.10 Å². The van der Waals surface area contributed by atoms with E-state index >= 15 is 0 Å². The first-order valence-corrected chi connectivity index (χ1v) is 5.01. The van der Waals surface area contributed by atoms with E-state index in [1.807, 2.05) is 0 Å². The number of alkyl halides is 3. The van der Waals surface area contributed by atoms with Crippen LogP contribution in [0.4, 0.5) is 13.2 Å². The summed E-state index contributed by atoms with van der Waals surface area (Å²) in [5.41, 5.74) is -0.953. The van der Waals surface area contributed by atoms with Crippen molar-refractivity contribution in [3.05, 3.63) is 17.5 Å². The van der Waals surface area contributed by atoms with Crippen molar-refractivity contribution in [3.8, 4) is 6.07 Å². The van der Waals surface area contributed by atoms with E-state index in [4.69, 9.17) is 5.26 Å². The Labute approximate surface area is 90.5 Å². The maximum Gasteiger partial charge on any atom is 0.435 e. The summed E-state index contributed by atoms with van der Waals surface area (Å²) in [5, 5.41) is 12.0. The second kappa shape index (κ2) is 3.81. The summed E-state index contributed by atoms with van der Waals surface area (Å²) in [6.07, 6.45) is -1.28. The molecule has 1 heterocycles. The molecule has 1 saturated carbocycles. The molecule has 0 radical (unpaired) electrons. The zero-order valence-corrected chi connectivity index (χ0v) is 8.46. The van der Waals surface area contributed by atoms with Gasteiger partial charge in [0.25, 0.3) is 0 Å². The van der Waals surface area contributed by atoms with Crippen LogP contribution in [0.3, 0.4) is 0 Å². The molecule has 0 spiro atoms. The van der Waals surface area contributed by atoms with Gasteiger partial charge in [0.1, 0.15) is 0 Å². The van der Waals surface area contributed by atoms with Crippen LogP contribution >= 0.6 is 0 Å². The number of aromatic nitrogens is 2. The van der Waals surface area contributed by atoms with Crippen LogP contribution in [0, 0.1) is 17.2 Å². The van der Waals surface area contributed by atoms with E-state index in [0.29, 0.717) is 12.5 Å². The Balaban J connectivity index is 2.26. The minimum absolute atomic E-state index is 0.0318. The van der Waals surface area contributed by atoms with E-state index in [-0.39, 0.29) is 12.0 Å². The summed E-state index contributed by atoms with van der Waals surface area (Å²) in [4.78, 5) is 0. The molecule has 0 saturated heterocycles. The molecule has 0 bridgehead atoms. The molecule has 0 aliphatic heterocycles. The van der Waals surface area contributed by atoms with E-state index < -0.39 is 11.9 Å². The predicted octanol–water partition coefficient (Wildman–Crippen LogP) is 2.38. The lowest BCUT2D eigenvalue weighted by atomic mass is 10.2. The summed E-state index contributed by atoms with van der Waals surface area (Å²) in [5.74, 6) is 0.455. The fourth-order valence-corrected chi connectivity index (χ4v) is 1.57. The molecule has 16 heavy (non-hydrogen) atoms. The zero-order valence-electron chi connectivity index (χ0n) is 8.46. The van der Waals surface area contributed by atoms with Gasteiger partial charge in [-0.05, 0) is 18.8 Å². The van der Waals surface area contributed by atoms with Crippen LogP contribution < -0.4 is 0 Å². The number of rotatable bonds is 3. The van der Waals surface area contributed by atoms with Gasteiger partial charge in [-0.15, -0.1) is 0 Å². The maximum atomic E-state index is 12.6. The number of halogens is 3. The van der Waals surface area contributed by atoms with Gasteiger partial charge in [0.15, 0.2) is 5.69 Å². The minimum Gasteiger partial charge on any atom is -0.272 e. The SMILES string of the molecule is N#CCc1cn(CC2CC2)nc1C(F)(F)F. The molecular weight excluding hydrogens is 219 g/mol. The molecule has 1 aromatic heterocycles. The molecule has 1 fully saturated rings. The predicted molar refractivity (Wildman–Crippen MR) is 49.3 cm³/mol.